The van der Waals surface area contributed by atoms with Crippen LogP contribution in [-0.2, 0) is 11.0 Å². The predicted octanol–water partition coefficient (Wildman–Crippen LogP) is 4.83. The predicted molar refractivity (Wildman–Crippen MR) is 108 cm³/mol. The molecule has 0 bridgehead atoms. The first-order chi connectivity index (χ1) is 13.1. The van der Waals surface area contributed by atoms with Crippen LogP contribution in [0.2, 0.25) is 0 Å². The number of ether oxygens (including phenoxy) is 3. The molecule has 0 aliphatic rings. The molecule has 0 aliphatic heterocycles. The number of methoxy groups -OCH3 is 3. The molecule has 0 saturated carbocycles. The van der Waals surface area contributed by atoms with Gasteiger partial charge >= 0.3 is 0 Å². The average Bonchev–Trinajstić information content (AvgIpc) is 2.72. The van der Waals surface area contributed by atoms with Crippen molar-refractivity contribution >= 4 is 13.3 Å². The third-order valence-electron chi connectivity index (χ3n) is 4.41. The Morgan fingerprint density at radius 3 is 2.07 bits per heavy atom. The topological polar surface area (TPSA) is 61.8 Å². The lowest BCUT2D eigenvalue weighted by molar-refractivity contribution is 0.107. The van der Waals surface area contributed by atoms with Crippen molar-refractivity contribution in [1.82, 2.24) is 0 Å². The van der Waals surface area contributed by atoms with Gasteiger partial charge in [0.15, 0.2) is 0 Å². The van der Waals surface area contributed by atoms with E-state index in [1.54, 1.807) is 12.1 Å². The summed E-state index contributed by atoms with van der Waals surface area (Å²) < 4.78 is 28.3. The summed E-state index contributed by atoms with van der Waals surface area (Å²) in [6, 6.07) is 13.5. The van der Waals surface area contributed by atoms with Crippen molar-refractivity contribution in [3.05, 3.63) is 53.6 Å². The Kier molecular flexibility index (Phi) is 8.41. The van der Waals surface area contributed by atoms with Crippen molar-refractivity contribution in [3.8, 4) is 17.2 Å². The molecule has 0 fully saturated rings. The quantitative estimate of drug-likeness (QED) is 0.406. The Balaban J connectivity index is 1.93. The first kappa shape index (κ1) is 21.0. The Morgan fingerprint density at radius 1 is 0.889 bits per heavy atom. The van der Waals surface area contributed by atoms with Gasteiger partial charge < -0.3 is 18.8 Å². The highest BCUT2D eigenvalue weighted by Gasteiger charge is 2.24. The van der Waals surface area contributed by atoms with E-state index in [1.165, 1.54) is 26.9 Å². The number of rotatable bonds is 11. The maximum Gasteiger partial charge on any atom is 0.225 e. The summed E-state index contributed by atoms with van der Waals surface area (Å²) in [6.07, 6.45) is 4.11. The summed E-state index contributed by atoms with van der Waals surface area (Å²) in [4.78, 5) is 12.7. The molecule has 0 aromatic heterocycles. The van der Waals surface area contributed by atoms with Crippen LogP contribution in [-0.4, -0.2) is 33.0 Å². The van der Waals surface area contributed by atoms with E-state index in [0.717, 1.165) is 25.7 Å². The zero-order valence-corrected chi connectivity index (χ0v) is 17.1. The molecule has 1 unspecified atom stereocenters. The van der Waals surface area contributed by atoms with Gasteiger partial charge in [0, 0.05) is 18.3 Å². The summed E-state index contributed by atoms with van der Waals surface area (Å²) in [5.74, 6) is 1.15. The minimum Gasteiger partial charge on any atom is -0.496 e. The Hall–Kier alpha value is -2.26. The van der Waals surface area contributed by atoms with Crippen molar-refractivity contribution in [2.24, 2.45) is 0 Å². The van der Waals surface area contributed by atoms with Gasteiger partial charge in [0.2, 0.25) is 5.52 Å². The second-order valence-electron chi connectivity index (χ2n) is 6.21. The first-order valence-corrected chi connectivity index (χ1v) is 10.6. The molecule has 27 heavy (non-hydrogen) atoms. The zero-order chi connectivity index (χ0) is 19.6. The smallest absolute Gasteiger partial charge is 0.225 e. The molecule has 2 rings (SSSR count). The van der Waals surface area contributed by atoms with Crippen LogP contribution in [0.5, 0.6) is 17.2 Å². The fourth-order valence-corrected chi connectivity index (χ4v) is 4.24. The van der Waals surface area contributed by atoms with Gasteiger partial charge in [-0.1, -0.05) is 36.8 Å². The van der Waals surface area contributed by atoms with Crippen LogP contribution < -0.4 is 14.2 Å². The van der Waals surface area contributed by atoms with Crippen LogP contribution in [0.3, 0.4) is 0 Å². The number of hydrogen-bond acceptors (Lipinski definition) is 5. The third kappa shape index (κ3) is 5.86. The van der Waals surface area contributed by atoms with Crippen LogP contribution in [0.4, 0.5) is 0 Å². The molecule has 0 heterocycles. The van der Waals surface area contributed by atoms with E-state index in [4.69, 9.17) is 14.2 Å². The normalized spacial score (nSPS) is 11.7. The standard InChI is InChI=1S/C21H27O5P/c1-24-17-14-18(25-2)20(19(15-17)26-3)21(22)27(23)13-9-5-8-12-16-10-6-4-7-11-16/h4,6-7,10-11,14-15,27H,5,8-9,12-13H2,1-3H3. The highest BCUT2D eigenvalue weighted by molar-refractivity contribution is 7.64. The summed E-state index contributed by atoms with van der Waals surface area (Å²) in [6.45, 7) is 0. The molecule has 0 aliphatic carbocycles. The van der Waals surface area contributed by atoms with Gasteiger partial charge in [-0.15, -0.1) is 0 Å². The van der Waals surface area contributed by atoms with Gasteiger partial charge in [-0.25, -0.2) is 0 Å². The van der Waals surface area contributed by atoms with E-state index in [9.17, 15) is 9.36 Å². The lowest BCUT2D eigenvalue weighted by Gasteiger charge is -2.14. The van der Waals surface area contributed by atoms with Gasteiger partial charge in [-0.3, -0.25) is 4.79 Å². The van der Waals surface area contributed by atoms with Gasteiger partial charge in [0.1, 0.15) is 30.6 Å². The SMILES string of the molecule is COc1cc(OC)c(C(=O)[PH](=O)CCCCCc2ccccc2)c(OC)c1. The van der Waals surface area contributed by atoms with Gasteiger partial charge in [0.05, 0.1) is 21.3 Å². The lowest BCUT2D eigenvalue weighted by atomic mass is 10.1. The third-order valence-corrected chi connectivity index (χ3v) is 5.97. The fraction of sp³-hybridized carbons (Fsp3) is 0.381. The van der Waals surface area contributed by atoms with E-state index in [0.29, 0.717) is 23.4 Å². The Bertz CT molecular complexity index is 748. The molecule has 6 heteroatoms. The van der Waals surface area contributed by atoms with E-state index in [1.807, 2.05) is 18.2 Å². The largest absolute Gasteiger partial charge is 0.496 e. The van der Waals surface area contributed by atoms with Crippen LogP contribution in [0.25, 0.3) is 0 Å². The summed E-state index contributed by atoms with van der Waals surface area (Å²) in [7, 11) is 2.01. The molecule has 0 spiro atoms. The monoisotopic (exact) mass is 390 g/mol. The Labute approximate surface area is 161 Å². The maximum absolute atomic E-state index is 12.7. The molecule has 0 radical (unpaired) electrons. The van der Waals surface area contributed by atoms with Crippen LogP contribution >= 0.6 is 7.80 Å². The number of carbonyl (C=O) groups is 1. The lowest BCUT2D eigenvalue weighted by Crippen LogP contribution is -2.04. The minimum absolute atomic E-state index is 0.231. The highest BCUT2D eigenvalue weighted by atomic mass is 31.1. The molecule has 0 saturated heterocycles. The highest BCUT2D eigenvalue weighted by Crippen LogP contribution is 2.40. The molecule has 2 aromatic rings. The van der Waals surface area contributed by atoms with E-state index in [2.05, 4.69) is 12.1 Å². The van der Waals surface area contributed by atoms with E-state index < -0.39 is 13.3 Å². The number of aryl methyl sites for hydroxylation is 1. The van der Waals surface area contributed by atoms with E-state index >= 15 is 0 Å². The van der Waals surface area contributed by atoms with E-state index in [-0.39, 0.29) is 5.56 Å². The number of carbonyl (C=O) groups excluding carboxylic acids is 1. The van der Waals surface area contributed by atoms with Gasteiger partial charge in [-0.05, 0) is 24.8 Å². The summed E-state index contributed by atoms with van der Waals surface area (Å²) in [5, 5.41) is 0. The molecule has 5 nitrogen and oxygen atoms in total. The minimum atomic E-state index is -2.44. The van der Waals surface area contributed by atoms with Crippen molar-refractivity contribution in [2.45, 2.75) is 25.7 Å². The second kappa shape index (κ2) is 10.8. The second-order valence-corrected chi connectivity index (χ2v) is 8.01. The fourth-order valence-electron chi connectivity index (χ4n) is 2.92. The number of unbranched alkanes of at least 4 members (excludes halogenated alkanes) is 2. The first-order valence-electron chi connectivity index (χ1n) is 9.02. The van der Waals surface area contributed by atoms with Gasteiger partial charge in [0.25, 0.3) is 0 Å². The molecule has 146 valence electrons. The van der Waals surface area contributed by atoms with Crippen LogP contribution in [0.1, 0.15) is 35.2 Å². The molecule has 0 amide bonds. The molecule has 2 aromatic carbocycles. The van der Waals surface area contributed by atoms with Crippen LogP contribution in [0.15, 0.2) is 42.5 Å². The maximum atomic E-state index is 12.7. The zero-order valence-electron chi connectivity index (χ0n) is 16.1. The number of hydrogen-bond donors (Lipinski definition) is 0. The summed E-state index contributed by atoms with van der Waals surface area (Å²) >= 11 is 0. The van der Waals surface area contributed by atoms with Crippen LogP contribution in [0, 0.1) is 0 Å². The average molecular weight is 390 g/mol. The Morgan fingerprint density at radius 2 is 1.52 bits per heavy atom. The van der Waals surface area contributed by atoms with Crippen molar-refractivity contribution in [3.63, 3.8) is 0 Å². The molecule has 0 N–H and O–H groups in total. The summed E-state index contributed by atoms with van der Waals surface area (Å²) in [5.41, 5.74) is 1.13. The molecular formula is C21H27O5P. The van der Waals surface area contributed by atoms with Gasteiger partial charge in [-0.2, -0.15) is 0 Å². The van der Waals surface area contributed by atoms with Crippen molar-refractivity contribution in [1.29, 1.82) is 0 Å². The number of benzene rings is 2. The van der Waals surface area contributed by atoms with Crippen molar-refractivity contribution in [2.75, 3.05) is 27.5 Å². The molecule has 1 atom stereocenters. The van der Waals surface area contributed by atoms with Crippen molar-refractivity contribution < 1.29 is 23.6 Å². The molecular weight excluding hydrogens is 363 g/mol.